The van der Waals surface area contributed by atoms with Crippen LogP contribution in [0.25, 0.3) is 0 Å². The SMILES string of the molecule is [O-]B([O-])[O-].c1ccc([C+](c2ccccc2)c2ccccc2)cc1.c1ccc([C+](c2ccccc2)c2ccccc2)cc1.c1ccc([C+](c2ccccc2)c2ccccc2)cc1. The smallest absolute Gasteiger partial charge is 0.0631 e. The van der Waals surface area contributed by atoms with E-state index in [4.69, 9.17) is 15.1 Å². The molecule has 0 aliphatic heterocycles. The minimum absolute atomic E-state index is 1.25. The minimum Gasteiger partial charge on any atom is -0.907 e. The molecule has 0 amide bonds. The van der Waals surface area contributed by atoms with Crippen molar-refractivity contribution in [3.8, 4) is 0 Å². The molecule has 0 N–H and O–H groups in total. The van der Waals surface area contributed by atoms with Crippen LogP contribution in [-0.2, 0) is 0 Å². The van der Waals surface area contributed by atoms with Crippen molar-refractivity contribution < 1.29 is 15.1 Å². The van der Waals surface area contributed by atoms with Crippen molar-refractivity contribution in [1.29, 1.82) is 0 Å². The highest BCUT2D eigenvalue weighted by Gasteiger charge is 2.23. The summed E-state index contributed by atoms with van der Waals surface area (Å²) in [7, 11) is -2.92. The quantitative estimate of drug-likeness (QED) is 0.0831. The van der Waals surface area contributed by atoms with Crippen molar-refractivity contribution in [2.45, 2.75) is 0 Å². The highest BCUT2D eigenvalue weighted by atomic mass is 16.5. The molecule has 0 aliphatic carbocycles. The molecule has 0 saturated carbocycles. The molecule has 0 fully saturated rings. The van der Waals surface area contributed by atoms with E-state index in [-0.39, 0.29) is 0 Å². The number of hydrogen-bond donors (Lipinski definition) is 0. The van der Waals surface area contributed by atoms with Crippen LogP contribution in [0.2, 0.25) is 0 Å². The maximum absolute atomic E-state index is 8.42. The molecule has 294 valence electrons. The zero-order valence-electron chi connectivity index (χ0n) is 33.8. The average molecular weight is 789 g/mol. The maximum Gasteiger partial charge on any atom is 0.0631 e. The van der Waals surface area contributed by atoms with Crippen molar-refractivity contribution in [3.05, 3.63) is 341 Å². The van der Waals surface area contributed by atoms with Gasteiger partial charge in [0.1, 0.15) is 0 Å². The van der Waals surface area contributed by atoms with Gasteiger partial charge in [-0.25, -0.2) is 0 Å². The molecule has 0 saturated heterocycles. The lowest BCUT2D eigenvalue weighted by atomic mass is 9.85. The van der Waals surface area contributed by atoms with Gasteiger partial charge < -0.3 is 15.1 Å². The average Bonchev–Trinajstić information content (AvgIpc) is 3.33. The maximum atomic E-state index is 8.42. The van der Waals surface area contributed by atoms with Crippen LogP contribution in [0, 0.1) is 17.8 Å². The normalized spacial score (nSPS) is 9.89. The lowest BCUT2D eigenvalue weighted by Gasteiger charge is -2.35. The summed E-state index contributed by atoms with van der Waals surface area (Å²) in [6.45, 7) is 0. The second kappa shape index (κ2) is 23.8. The van der Waals surface area contributed by atoms with Gasteiger partial charge in [0.2, 0.25) is 0 Å². The predicted molar refractivity (Wildman–Crippen MR) is 245 cm³/mol. The van der Waals surface area contributed by atoms with Crippen molar-refractivity contribution in [3.63, 3.8) is 0 Å². The van der Waals surface area contributed by atoms with E-state index in [0.717, 1.165) is 0 Å². The Morgan fingerprint density at radius 3 is 0.344 bits per heavy atom. The van der Waals surface area contributed by atoms with Crippen LogP contribution in [0.1, 0.15) is 50.1 Å². The number of benzene rings is 9. The molecule has 0 aliphatic rings. The van der Waals surface area contributed by atoms with Crippen molar-refractivity contribution >= 4 is 7.32 Å². The molecule has 61 heavy (non-hydrogen) atoms. The predicted octanol–water partition coefficient (Wildman–Crippen LogP) is 10.2. The zero-order valence-corrected chi connectivity index (χ0v) is 33.8. The number of hydrogen-bond acceptors (Lipinski definition) is 3. The van der Waals surface area contributed by atoms with Crippen molar-refractivity contribution in [1.82, 2.24) is 0 Å². The Bertz CT molecular complexity index is 1910. The second-order valence-corrected chi connectivity index (χ2v) is 13.7. The molecule has 0 unspecified atom stereocenters. The van der Waals surface area contributed by atoms with E-state index < -0.39 is 7.32 Å². The van der Waals surface area contributed by atoms with Crippen LogP contribution < -0.4 is 15.1 Å². The van der Waals surface area contributed by atoms with E-state index in [1.807, 2.05) is 0 Å². The molecule has 3 nitrogen and oxygen atoms in total. The molecule has 9 aromatic rings. The van der Waals surface area contributed by atoms with Gasteiger partial charge >= 0.3 is 0 Å². The Morgan fingerprint density at radius 2 is 0.262 bits per heavy atom. The second-order valence-electron chi connectivity index (χ2n) is 13.7. The summed E-state index contributed by atoms with van der Waals surface area (Å²) in [5, 5.41) is 25.2. The fraction of sp³-hybridized carbons (Fsp3) is 0. The molecule has 0 spiro atoms. The molecule has 0 bridgehead atoms. The van der Waals surface area contributed by atoms with Gasteiger partial charge in [-0.1, -0.05) is 54.6 Å². The van der Waals surface area contributed by atoms with E-state index in [9.17, 15) is 0 Å². The topological polar surface area (TPSA) is 69.2 Å². The third kappa shape index (κ3) is 13.3. The molecule has 9 aromatic carbocycles. The molecule has 9 rings (SSSR count). The van der Waals surface area contributed by atoms with Crippen molar-refractivity contribution in [2.24, 2.45) is 0 Å². The van der Waals surface area contributed by atoms with Crippen LogP contribution in [-0.4, -0.2) is 7.32 Å². The highest BCUT2D eigenvalue weighted by molar-refractivity contribution is 6.24. The van der Waals surface area contributed by atoms with Gasteiger partial charge in [-0.15, -0.1) is 0 Å². The summed E-state index contributed by atoms with van der Waals surface area (Å²) in [4.78, 5) is 0. The van der Waals surface area contributed by atoms with Crippen molar-refractivity contribution in [2.75, 3.05) is 0 Å². The van der Waals surface area contributed by atoms with Gasteiger partial charge in [0.25, 0.3) is 0 Å². The lowest BCUT2D eigenvalue weighted by Crippen LogP contribution is -2.56. The van der Waals surface area contributed by atoms with Gasteiger partial charge in [0.15, 0.2) is 0 Å². The summed E-state index contributed by atoms with van der Waals surface area (Å²) in [5.41, 5.74) is 11.2. The van der Waals surface area contributed by atoms with E-state index in [1.165, 1.54) is 67.8 Å². The summed E-state index contributed by atoms with van der Waals surface area (Å²) in [6, 6.07) is 94.9. The molecule has 0 aromatic heterocycles. The van der Waals surface area contributed by atoms with Gasteiger partial charge in [-0.05, 0) is 218 Å². The summed E-state index contributed by atoms with van der Waals surface area (Å²) in [6.07, 6.45) is 0. The first-order valence-electron chi connectivity index (χ1n) is 20.2. The Kier molecular flexibility index (Phi) is 16.8. The first-order chi connectivity index (χ1) is 30.1. The minimum atomic E-state index is -2.92. The fourth-order valence-electron chi connectivity index (χ4n) is 6.94. The van der Waals surface area contributed by atoms with Crippen LogP contribution in [0.4, 0.5) is 0 Å². The molecule has 0 heterocycles. The monoisotopic (exact) mass is 788 g/mol. The Labute approximate surface area is 361 Å². The first kappa shape index (κ1) is 43.1. The molecule has 4 heteroatoms. The van der Waals surface area contributed by atoms with Crippen LogP contribution in [0.3, 0.4) is 0 Å². The van der Waals surface area contributed by atoms with Gasteiger partial charge in [0.05, 0.1) is 67.8 Å². The van der Waals surface area contributed by atoms with Gasteiger partial charge in [-0.2, -0.15) is 0 Å². The zero-order chi connectivity index (χ0) is 42.3. The molecular weight excluding hydrogens is 743 g/mol. The van der Waals surface area contributed by atoms with Crippen LogP contribution in [0.5, 0.6) is 0 Å². The van der Waals surface area contributed by atoms with Gasteiger partial charge in [0, 0.05) is 0 Å². The summed E-state index contributed by atoms with van der Waals surface area (Å²) < 4.78 is 0. The largest absolute Gasteiger partial charge is 0.907 e. The van der Waals surface area contributed by atoms with Crippen LogP contribution >= 0.6 is 0 Å². The van der Waals surface area contributed by atoms with Gasteiger partial charge in [-0.3, -0.25) is 7.32 Å². The summed E-state index contributed by atoms with van der Waals surface area (Å²) >= 11 is 0. The summed E-state index contributed by atoms with van der Waals surface area (Å²) in [5.74, 6) is 3.84. The lowest BCUT2D eigenvalue weighted by molar-refractivity contribution is -0.479. The van der Waals surface area contributed by atoms with E-state index in [1.54, 1.807) is 0 Å². The van der Waals surface area contributed by atoms with E-state index >= 15 is 0 Å². The molecule has 0 radical (unpaired) electrons. The fourth-order valence-corrected chi connectivity index (χ4v) is 6.94. The van der Waals surface area contributed by atoms with E-state index in [0.29, 0.717) is 0 Å². The van der Waals surface area contributed by atoms with Crippen LogP contribution in [0.15, 0.2) is 273 Å². The molecular formula is C57H45BO3. The number of rotatable bonds is 9. The standard InChI is InChI=1S/3C19H15.BO3/c3*1-4-10-16(11-5-1)19(17-12-6-2-7-13-17)18-14-8-3-9-15-18;2-1(3)4/h3*1-15H;/q3*+1;-3. The Balaban J connectivity index is 0.000000146. The third-order valence-corrected chi connectivity index (χ3v) is 9.56. The Hall–Kier alpha value is -7.47. The molecule has 0 atom stereocenters. The Morgan fingerprint density at radius 1 is 0.180 bits per heavy atom. The van der Waals surface area contributed by atoms with E-state index in [2.05, 4.69) is 273 Å². The highest BCUT2D eigenvalue weighted by Crippen LogP contribution is 2.32. The third-order valence-electron chi connectivity index (χ3n) is 9.56. The first-order valence-corrected chi connectivity index (χ1v) is 20.2.